The smallest absolute Gasteiger partial charge is 0.306 e. The summed E-state index contributed by atoms with van der Waals surface area (Å²) in [5.74, 6) is -0.122. The van der Waals surface area contributed by atoms with E-state index in [0.717, 1.165) is 57.1 Å². The molecule has 0 fully saturated rings. The first-order valence-electron chi connectivity index (χ1n) is 11.2. The van der Waals surface area contributed by atoms with Crippen molar-refractivity contribution in [3.05, 3.63) is 0 Å². The minimum Gasteiger partial charge on any atom is -0.457 e. The highest BCUT2D eigenvalue weighted by Crippen LogP contribution is 2.08. The Morgan fingerprint density at radius 3 is 1.78 bits per heavy atom. The molecule has 0 saturated carbocycles. The molecule has 5 heteroatoms. The lowest BCUT2D eigenvalue weighted by Gasteiger charge is -2.18. The topological polar surface area (TPSA) is 44.8 Å². The highest BCUT2D eigenvalue weighted by molar-refractivity contribution is 9.09. The third-order valence-electron chi connectivity index (χ3n) is 4.45. The van der Waals surface area contributed by atoms with E-state index in [4.69, 9.17) is 14.2 Å². The van der Waals surface area contributed by atoms with Gasteiger partial charge in [-0.15, -0.1) is 0 Å². The van der Waals surface area contributed by atoms with Crippen LogP contribution in [-0.2, 0) is 19.0 Å². The second-order valence-corrected chi connectivity index (χ2v) is 8.03. The summed E-state index contributed by atoms with van der Waals surface area (Å²) in [6.07, 6.45) is 14.0. The Morgan fingerprint density at radius 1 is 0.741 bits per heavy atom. The molecule has 0 rings (SSSR count). The molecule has 0 spiro atoms. The Balaban J connectivity index is 4.00. The van der Waals surface area contributed by atoms with Crippen LogP contribution in [-0.4, -0.2) is 43.8 Å². The van der Waals surface area contributed by atoms with E-state index in [2.05, 4.69) is 29.8 Å². The fraction of sp³-hybridized carbons (Fsp3) is 0.955. The summed E-state index contributed by atoms with van der Waals surface area (Å²) in [6, 6.07) is 0. The maximum absolute atomic E-state index is 12.1. The molecule has 0 aliphatic heterocycles. The molecule has 0 aliphatic rings. The van der Waals surface area contributed by atoms with Gasteiger partial charge in [-0.05, 0) is 25.7 Å². The molecule has 0 bridgehead atoms. The van der Waals surface area contributed by atoms with Crippen molar-refractivity contribution >= 4 is 21.9 Å². The normalized spacial score (nSPS) is 11.3. The van der Waals surface area contributed by atoms with Gasteiger partial charge in [0.15, 0.2) is 0 Å². The zero-order chi connectivity index (χ0) is 20.0. The number of hydrogen-bond donors (Lipinski definition) is 0. The molecule has 27 heavy (non-hydrogen) atoms. The summed E-state index contributed by atoms with van der Waals surface area (Å²) >= 11 is 3.43. The predicted molar refractivity (Wildman–Crippen MR) is 117 cm³/mol. The SMILES string of the molecule is CCCCCCOCC(COCCCCCC)OC(=O)CCCCCCBr. The van der Waals surface area contributed by atoms with Crippen LogP contribution in [0.5, 0.6) is 0 Å². The number of ether oxygens (including phenoxy) is 3. The number of rotatable bonds is 21. The third kappa shape index (κ3) is 20.4. The predicted octanol–water partition coefficient (Wildman–Crippen LogP) is 6.44. The minimum absolute atomic E-state index is 0.122. The second-order valence-electron chi connectivity index (χ2n) is 7.24. The van der Waals surface area contributed by atoms with Gasteiger partial charge in [0.05, 0.1) is 13.2 Å². The molecule has 162 valence electrons. The average molecular weight is 451 g/mol. The van der Waals surface area contributed by atoms with Gasteiger partial charge in [-0.1, -0.05) is 81.1 Å². The van der Waals surface area contributed by atoms with Gasteiger partial charge in [-0.2, -0.15) is 0 Å². The van der Waals surface area contributed by atoms with Crippen LogP contribution in [0, 0.1) is 0 Å². The number of hydrogen-bond acceptors (Lipinski definition) is 4. The van der Waals surface area contributed by atoms with Crippen molar-refractivity contribution in [1.82, 2.24) is 0 Å². The number of esters is 1. The first-order valence-corrected chi connectivity index (χ1v) is 12.3. The van der Waals surface area contributed by atoms with Crippen LogP contribution in [0.2, 0.25) is 0 Å². The maximum atomic E-state index is 12.1. The summed E-state index contributed by atoms with van der Waals surface area (Å²) in [6.45, 7) is 6.75. The summed E-state index contributed by atoms with van der Waals surface area (Å²) < 4.78 is 17.1. The van der Waals surface area contributed by atoms with Gasteiger partial charge < -0.3 is 14.2 Å². The Kier molecular flexibility index (Phi) is 22.1. The van der Waals surface area contributed by atoms with E-state index in [0.29, 0.717) is 19.6 Å². The molecule has 0 aliphatic carbocycles. The number of halogens is 1. The second kappa shape index (κ2) is 22.2. The fourth-order valence-electron chi connectivity index (χ4n) is 2.77. The van der Waals surface area contributed by atoms with Crippen LogP contribution in [0.1, 0.15) is 97.3 Å². The zero-order valence-electron chi connectivity index (χ0n) is 17.8. The van der Waals surface area contributed by atoms with Crippen molar-refractivity contribution in [2.24, 2.45) is 0 Å². The summed E-state index contributed by atoms with van der Waals surface area (Å²) in [5, 5.41) is 1.03. The number of carbonyl (C=O) groups excluding carboxylic acids is 1. The van der Waals surface area contributed by atoms with Gasteiger partial charge in [0.2, 0.25) is 0 Å². The molecule has 0 radical (unpaired) electrons. The number of alkyl halides is 1. The fourth-order valence-corrected chi connectivity index (χ4v) is 3.17. The van der Waals surface area contributed by atoms with Gasteiger partial charge >= 0.3 is 5.97 Å². The van der Waals surface area contributed by atoms with E-state index < -0.39 is 0 Å². The maximum Gasteiger partial charge on any atom is 0.306 e. The molecule has 0 amide bonds. The molecule has 0 aromatic carbocycles. The Labute approximate surface area is 176 Å². The van der Waals surface area contributed by atoms with E-state index in [9.17, 15) is 4.79 Å². The van der Waals surface area contributed by atoms with Crippen molar-refractivity contribution in [2.75, 3.05) is 31.8 Å². The lowest BCUT2D eigenvalue weighted by atomic mass is 10.1. The van der Waals surface area contributed by atoms with Crippen molar-refractivity contribution in [3.8, 4) is 0 Å². The standard InChI is InChI=1S/C22H43BrO4/c1-3-5-7-13-17-25-19-21(20-26-18-14-8-6-4-2)27-22(24)15-11-9-10-12-16-23/h21H,3-20H2,1-2H3. The van der Waals surface area contributed by atoms with Gasteiger partial charge in [-0.25, -0.2) is 0 Å². The Hall–Kier alpha value is -0.130. The number of carbonyl (C=O) groups is 1. The van der Waals surface area contributed by atoms with Crippen molar-refractivity contribution < 1.29 is 19.0 Å². The number of unbranched alkanes of at least 4 members (excludes halogenated alkanes) is 9. The van der Waals surface area contributed by atoms with E-state index in [-0.39, 0.29) is 12.1 Å². The van der Waals surface area contributed by atoms with Crippen molar-refractivity contribution in [2.45, 2.75) is 103 Å². The summed E-state index contributed by atoms with van der Waals surface area (Å²) in [5.41, 5.74) is 0. The molecule has 0 atom stereocenters. The molecule has 0 unspecified atom stereocenters. The van der Waals surface area contributed by atoms with Crippen LogP contribution >= 0.6 is 15.9 Å². The monoisotopic (exact) mass is 450 g/mol. The van der Waals surface area contributed by atoms with Crippen molar-refractivity contribution in [1.29, 1.82) is 0 Å². The minimum atomic E-state index is -0.280. The van der Waals surface area contributed by atoms with E-state index >= 15 is 0 Å². The molecular formula is C22H43BrO4. The molecule has 4 nitrogen and oxygen atoms in total. The van der Waals surface area contributed by atoms with E-state index in [1.54, 1.807) is 0 Å². The largest absolute Gasteiger partial charge is 0.457 e. The lowest BCUT2D eigenvalue weighted by molar-refractivity contribution is -0.156. The van der Waals surface area contributed by atoms with Crippen LogP contribution < -0.4 is 0 Å². The zero-order valence-corrected chi connectivity index (χ0v) is 19.4. The van der Waals surface area contributed by atoms with Crippen LogP contribution in [0.15, 0.2) is 0 Å². The van der Waals surface area contributed by atoms with Crippen molar-refractivity contribution in [3.63, 3.8) is 0 Å². The van der Waals surface area contributed by atoms with E-state index in [1.165, 1.54) is 38.5 Å². The highest BCUT2D eigenvalue weighted by Gasteiger charge is 2.15. The summed E-state index contributed by atoms with van der Waals surface area (Å²) in [7, 11) is 0. The molecule has 0 heterocycles. The van der Waals surface area contributed by atoms with Crippen LogP contribution in [0.3, 0.4) is 0 Å². The average Bonchev–Trinajstić information content (AvgIpc) is 2.66. The molecule has 0 N–H and O–H groups in total. The van der Waals surface area contributed by atoms with Gasteiger partial charge in [0.25, 0.3) is 0 Å². The quantitative estimate of drug-likeness (QED) is 0.114. The molecule has 0 saturated heterocycles. The van der Waals surface area contributed by atoms with Crippen LogP contribution in [0.25, 0.3) is 0 Å². The van der Waals surface area contributed by atoms with Gasteiger partial charge in [0, 0.05) is 25.0 Å². The van der Waals surface area contributed by atoms with Gasteiger partial charge in [0.1, 0.15) is 6.10 Å². The molecule has 0 aromatic heterocycles. The van der Waals surface area contributed by atoms with Gasteiger partial charge in [-0.3, -0.25) is 4.79 Å². The Morgan fingerprint density at radius 2 is 1.26 bits per heavy atom. The molecule has 0 aromatic rings. The highest BCUT2D eigenvalue weighted by atomic mass is 79.9. The Bertz CT molecular complexity index is 297. The first kappa shape index (κ1) is 26.9. The lowest BCUT2D eigenvalue weighted by Crippen LogP contribution is -2.29. The first-order chi connectivity index (χ1) is 13.2. The van der Waals surface area contributed by atoms with Crippen LogP contribution in [0.4, 0.5) is 0 Å². The van der Waals surface area contributed by atoms with E-state index in [1.807, 2.05) is 0 Å². The summed E-state index contributed by atoms with van der Waals surface area (Å²) in [4.78, 5) is 12.1. The third-order valence-corrected chi connectivity index (χ3v) is 5.02. The molecular weight excluding hydrogens is 408 g/mol.